The maximum atomic E-state index is 13.2. The van der Waals surface area contributed by atoms with Crippen molar-refractivity contribution in [2.24, 2.45) is 11.3 Å². The van der Waals surface area contributed by atoms with Crippen LogP contribution in [0.25, 0.3) is 0 Å². The third-order valence-corrected chi connectivity index (χ3v) is 6.29. The summed E-state index contributed by atoms with van der Waals surface area (Å²) in [5.41, 5.74) is -0.0961. The van der Waals surface area contributed by atoms with Gasteiger partial charge in [0.1, 0.15) is 23.6 Å². The van der Waals surface area contributed by atoms with Gasteiger partial charge in [0.05, 0.1) is 0 Å². The summed E-state index contributed by atoms with van der Waals surface area (Å²) < 4.78 is 5.83. The summed E-state index contributed by atoms with van der Waals surface area (Å²) in [7, 11) is 0. The summed E-state index contributed by atoms with van der Waals surface area (Å²) in [6, 6.07) is 16.4. The van der Waals surface area contributed by atoms with Crippen LogP contribution in [-0.2, 0) is 16.1 Å². The van der Waals surface area contributed by atoms with Crippen LogP contribution >= 0.6 is 0 Å². The second kappa shape index (κ2) is 8.89. The van der Waals surface area contributed by atoms with E-state index in [0.29, 0.717) is 24.5 Å². The lowest BCUT2D eigenvalue weighted by molar-refractivity contribution is -0.137. The Morgan fingerprint density at radius 1 is 1.09 bits per heavy atom. The lowest BCUT2D eigenvalue weighted by atomic mass is 9.64. The van der Waals surface area contributed by atoms with Gasteiger partial charge in [-0.1, -0.05) is 51.1 Å². The van der Waals surface area contributed by atoms with Crippen LogP contribution in [0.1, 0.15) is 45.6 Å². The fourth-order valence-electron chi connectivity index (χ4n) is 5.39. The van der Waals surface area contributed by atoms with E-state index in [1.54, 1.807) is 0 Å². The van der Waals surface area contributed by atoms with Gasteiger partial charge in [-0.25, -0.2) is 4.79 Å². The molecule has 1 heterocycles. The quantitative estimate of drug-likeness (QED) is 0.646. The van der Waals surface area contributed by atoms with Crippen LogP contribution in [0.2, 0.25) is 0 Å². The number of nitrogens with one attached hydrogen (secondary N) is 2. The van der Waals surface area contributed by atoms with Crippen LogP contribution in [0, 0.1) is 11.3 Å². The largest absolute Gasteiger partial charge is 0.457 e. The minimum atomic E-state index is -0.901. The molecule has 2 unspecified atom stereocenters. The van der Waals surface area contributed by atoms with Crippen molar-refractivity contribution in [3.8, 4) is 11.5 Å². The first-order valence-electron chi connectivity index (χ1n) is 11.4. The van der Waals surface area contributed by atoms with E-state index < -0.39 is 11.6 Å². The number of rotatable bonds is 6. The molecule has 174 valence electrons. The minimum absolute atomic E-state index is 0.0499. The van der Waals surface area contributed by atoms with Crippen molar-refractivity contribution in [3.63, 3.8) is 0 Å². The summed E-state index contributed by atoms with van der Waals surface area (Å²) in [5, 5.41) is 5.71. The molecular weight excluding hydrogens is 418 g/mol. The number of urea groups is 1. The number of amides is 4. The van der Waals surface area contributed by atoms with E-state index in [1.165, 1.54) is 0 Å². The van der Waals surface area contributed by atoms with Crippen LogP contribution in [0.15, 0.2) is 54.6 Å². The van der Waals surface area contributed by atoms with E-state index in [9.17, 15) is 14.4 Å². The van der Waals surface area contributed by atoms with Gasteiger partial charge in [0.25, 0.3) is 5.91 Å². The Morgan fingerprint density at radius 2 is 1.82 bits per heavy atom. The van der Waals surface area contributed by atoms with Crippen LogP contribution < -0.4 is 15.4 Å². The number of carbonyl (C=O) groups is 3. The fourth-order valence-corrected chi connectivity index (χ4v) is 5.39. The number of benzene rings is 2. The van der Waals surface area contributed by atoms with Gasteiger partial charge in [-0.3, -0.25) is 14.5 Å². The minimum Gasteiger partial charge on any atom is -0.457 e. The monoisotopic (exact) mass is 449 g/mol. The standard InChI is InChI=1S/C26H31N3O4/c1-18-13-25(2,3)17-26(14-18)23(31)29(24(32)28-26)16-22(30)27-15-19-8-7-11-21(12-19)33-20-9-5-4-6-10-20/h4-12,18H,13-17H2,1-3H3,(H,27,30)(H,28,32). The average molecular weight is 450 g/mol. The molecule has 0 bridgehead atoms. The predicted molar refractivity (Wildman–Crippen MR) is 125 cm³/mol. The third-order valence-electron chi connectivity index (χ3n) is 6.29. The van der Waals surface area contributed by atoms with E-state index >= 15 is 0 Å². The molecular formula is C26H31N3O4. The molecule has 2 N–H and O–H groups in total. The molecule has 2 fully saturated rings. The van der Waals surface area contributed by atoms with Crippen molar-refractivity contribution < 1.29 is 19.1 Å². The first kappa shape index (κ1) is 22.8. The van der Waals surface area contributed by atoms with Crippen molar-refractivity contribution in [3.05, 3.63) is 60.2 Å². The Morgan fingerprint density at radius 3 is 2.55 bits per heavy atom. The van der Waals surface area contributed by atoms with E-state index in [4.69, 9.17) is 4.74 Å². The highest BCUT2D eigenvalue weighted by Gasteiger charge is 2.56. The van der Waals surface area contributed by atoms with Gasteiger partial charge >= 0.3 is 6.03 Å². The Balaban J connectivity index is 1.35. The predicted octanol–water partition coefficient (Wildman–Crippen LogP) is 4.23. The van der Waals surface area contributed by atoms with Gasteiger partial charge in [0, 0.05) is 6.54 Å². The van der Waals surface area contributed by atoms with Gasteiger partial charge in [-0.15, -0.1) is 0 Å². The second-order valence-electron chi connectivity index (χ2n) is 10.1. The zero-order valence-electron chi connectivity index (χ0n) is 19.4. The number of hydrogen-bond acceptors (Lipinski definition) is 4. The molecule has 4 amide bonds. The molecule has 1 aliphatic carbocycles. The zero-order valence-corrected chi connectivity index (χ0v) is 19.4. The normalized spacial score (nSPS) is 24.0. The third kappa shape index (κ3) is 5.18. The number of ether oxygens (including phenoxy) is 1. The molecule has 2 atom stereocenters. The van der Waals surface area contributed by atoms with Crippen molar-refractivity contribution in [1.82, 2.24) is 15.5 Å². The van der Waals surface area contributed by atoms with Crippen molar-refractivity contribution in [2.45, 2.75) is 52.1 Å². The number of nitrogens with zero attached hydrogens (tertiary/aromatic N) is 1. The van der Waals surface area contributed by atoms with Crippen LogP contribution in [0.3, 0.4) is 0 Å². The van der Waals surface area contributed by atoms with Crippen LogP contribution in [-0.4, -0.2) is 34.8 Å². The van der Waals surface area contributed by atoms with E-state index in [2.05, 4.69) is 31.4 Å². The highest BCUT2D eigenvalue weighted by Crippen LogP contribution is 2.46. The maximum Gasteiger partial charge on any atom is 0.325 e. The first-order chi connectivity index (χ1) is 15.7. The highest BCUT2D eigenvalue weighted by molar-refractivity contribution is 6.09. The Bertz CT molecular complexity index is 1050. The number of para-hydroxylation sites is 1. The van der Waals surface area contributed by atoms with E-state index in [1.807, 2.05) is 54.6 Å². The molecule has 2 aromatic rings. The molecule has 33 heavy (non-hydrogen) atoms. The number of hydrogen-bond donors (Lipinski definition) is 2. The molecule has 7 nitrogen and oxygen atoms in total. The molecule has 1 spiro atoms. The molecule has 4 rings (SSSR count). The Labute approximate surface area is 194 Å². The zero-order chi connectivity index (χ0) is 23.6. The SMILES string of the molecule is CC1CC(C)(C)CC2(C1)NC(=O)N(CC(=O)NCc1cccc(Oc3ccccc3)c1)C2=O. The molecule has 2 aliphatic rings. The lowest BCUT2D eigenvalue weighted by Gasteiger charge is -2.43. The fraction of sp³-hybridized carbons (Fsp3) is 0.423. The number of imide groups is 1. The van der Waals surface area contributed by atoms with Crippen molar-refractivity contribution in [1.29, 1.82) is 0 Å². The Hall–Kier alpha value is -3.35. The molecule has 2 aromatic carbocycles. The van der Waals surface area contributed by atoms with Gasteiger partial charge in [-0.05, 0) is 60.4 Å². The molecule has 1 aliphatic heterocycles. The smallest absolute Gasteiger partial charge is 0.325 e. The lowest BCUT2D eigenvalue weighted by Crippen LogP contribution is -2.54. The average Bonchev–Trinajstić information content (AvgIpc) is 2.95. The van der Waals surface area contributed by atoms with Crippen LogP contribution in [0.4, 0.5) is 4.79 Å². The Kier molecular flexibility index (Phi) is 6.15. The van der Waals surface area contributed by atoms with Crippen molar-refractivity contribution in [2.75, 3.05) is 6.54 Å². The van der Waals surface area contributed by atoms with Gasteiger partial charge in [0.15, 0.2) is 0 Å². The van der Waals surface area contributed by atoms with E-state index in [-0.39, 0.29) is 30.3 Å². The first-order valence-corrected chi connectivity index (χ1v) is 11.4. The van der Waals surface area contributed by atoms with Gasteiger partial charge in [0.2, 0.25) is 5.91 Å². The van der Waals surface area contributed by atoms with Gasteiger partial charge < -0.3 is 15.4 Å². The summed E-state index contributed by atoms with van der Waals surface area (Å²) in [6.45, 7) is 6.32. The summed E-state index contributed by atoms with van der Waals surface area (Å²) in [4.78, 5) is 39.4. The second-order valence-corrected chi connectivity index (χ2v) is 10.1. The van der Waals surface area contributed by atoms with E-state index in [0.717, 1.165) is 22.6 Å². The molecule has 1 saturated carbocycles. The maximum absolute atomic E-state index is 13.2. The summed E-state index contributed by atoms with van der Waals surface area (Å²) in [5.74, 6) is 1.04. The highest BCUT2D eigenvalue weighted by atomic mass is 16.5. The van der Waals surface area contributed by atoms with Crippen LogP contribution in [0.5, 0.6) is 11.5 Å². The number of carbonyl (C=O) groups excluding carboxylic acids is 3. The summed E-state index contributed by atoms with van der Waals surface area (Å²) >= 11 is 0. The molecule has 1 saturated heterocycles. The molecule has 0 radical (unpaired) electrons. The molecule has 0 aromatic heterocycles. The summed E-state index contributed by atoms with van der Waals surface area (Å²) in [6.07, 6.45) is 2.19. The molecule has 7 heteroatoms. The van der Waals surface area contributed by atoms with Crippen molar-refractivity contribution >= 4 is 17.8 Å². The topological polar surface area (TPSA) is 87.7 Å². The van der Waals surface area contributed by atoms with Gasteiger partial charge in [-0.2, -0.15) is 0 Å².